The van der Waals surface area contributed by atoms with Gasteiger partial charge in [-0.3, -0.25) is 9.48 Å². The van der Waals surface area contributed by atoms with Crippen LogP contribution in [0.2, 0.25) is 0 Å². The van der Waals surface area contributed by atoms with Crippen LogP contribution in [-0.4, -0.2) is 32.3 Å². The molecule has 2 aromatic heterocycles. The number of nitrogens with zero attached hydrogens (tertiary/aromatic N) is 5. The van der Waals surface area contributed by atoms with Gasteiger partial charge in [0.15, 0.2) is 5.82 Å². The normalized spacial score (nSPS) is 22.0. The Morgan fingerprint density at radius 3 is 2.72 bits per heavy atom. The van der Waals surface area contributed by atoms with E-state index in [-0.39, 0.29) is 11.8 Å². The van der Waals surface area contributed by atoms with Crippen LogP contribution in [0.1, 0.15) is 45.7 Å². The molecule has 1 saturated carbocycles. The molecule has 0 bridgehead atoms. The number of anilines is 3. The van der Waals surface area contributed by atoms with Crippen molar-refractivity contribution < 1.29 is 9.90 Å². The van der Waals surface area contributed by atoms with Crippen molar-refractivity contribution in [1.82, 2.24) is 14.8 Å². The molecule has 1 saturated heterocycles. The minimum absolute atomic E-state index is 0.0979. The Kier molecular flexibility index (Phi) is 4.58. The molecule has 1 aliphatic heterocycles. The van der Waals surface area contributed by atoms with Crippen LogP contribution in [0.5, 0.6) is 0 Å². The first kappa shape index (κ1) is 19.4. The summed E-state index contributed by atoms with van der Waals surface area (Å²) in [6.45, 7) is 6.58. The molecule has 4 rings (SSSR count). The van der Waals surface area contributed by atoms with Gasteiger partial charge in [-0.05, 0) is 52.0 Å². The molecule has 0 aromatic carbocycles. The number of pyridine rings is 1. The molecular formula is C21H26N6O2. The second-order valence-corrected chi connectivity index (χ2v) is 8.38. The van der Waals surface area contributed by atoms with Crippen molar-refractivity contribution in [3.8, 4) is 6.07 Å². The molecular weight excluding hydrogens is 368 g/mol. The monoisotopic (exact) mass is 394 g/mol. The molecule has 1 atom stereocenters. The van der Waals surface area contributed by atoms with Crippen molar-refractivity contribution >= 4 is 23.2 Å². The maximum atomic E-state index is 13.0. The Labute approximate surface area is 170 Å². The number of aliphatic hydroxyl groups is 1. The third-order valence-corrected chi connectivity index (χ3v) is 5.85. The molecule has 29 heavy (non-hydrogen) atoms. The number of aromatic nitrogens is 3. The Morgan fingerprint density at radius 1 is 1.38 bits per heavy atom. The molecule has 0 spiro atoms. The SMILES string of the molecule is CCn1nc(Nc2cc(N3CC[C@@](C#N)(C4CC4)C3=O)ccn2)cc1C(C)(C)O. The van der Waals surface area contributed by atoms with E-state index in [1.54, 1.807) is 47.8 Å². The van der Waals surface area contributed by atoms with E-state index in [0.717, 1.165) is 18.5 Å². The van der Waals surface area contributed by atoms with Crippen LogP contribution in [0.15, 0.2) is 24.4 Å². The summed E-state index contributed by atoms with van der Waals surface area (Å²) >= 11 is 0. The third kappa shape index (κ3) is 3.36. The van der Waals surface area contributed by atoms with Gasteiger partial charge in [-0.15, -0.1) is 0 Å². The van der Waals surface area contributed by atoms with Gasteiger partial charge in [0.1, 0.15) is 16.8 Å². The summed E-state index contributed by atoms with van der Waals surface area (Å²) in [6.07, 6.45) is 4.13. The van der Waals surface area contributed by atoms with Crippen LogP contribution in [0, 0.1) is 22.7 Å². The molecule has 8 nitrogen and oxygen atoms in total. The van der Waals surface area contributed by atoms with Crippen LogP contribution in [0.25, 0.3) is 0 Å². The summed E-state index contributed by atoms with van der Waals surface area (Å²) in [5.41, 5.74) is -0.443. The Morgan fingerprint density at radius 2 is 2.14 bits per heavy atom. The molecule has 1 aliphatic carbocycles. The predicted molar refractivity (Wildman–Crippen MR) is 108 cm³/mol. The highest BCUT2D eigenvalue weighted by Crippen LogP contribution is 2.51. The molecule has 2 N–H and O–H groups in total. The molecule has 2 aromatic rings. The van der Waals surface area contributed by atoms with E-state index in [9.17, 15) is 15.2 Å². The average Bonchev–Trinajstić information content (AvgIpc) is 3.36. The third-order valence-electron chi connectivity index (χ3n) is 5.85. The Hall–Kier alpha value is -2.92. The minimum atomic E-state index is -1.01. The molecule has 3 heterocycles. The second kappa shape index (κ2) is 6.85. The van der Waals surface area contributed by atoms with E-state index >= 15 is 0 Å². The van der Waals surface area contributed by atoms with Gasteiger partial charge in [-0.2, -0.15) is 10.4 Å². The van der Waals surface area contributed by atoms with Crippen LogP contribution in [-0.2, 0) is 16.9 Å². The van der Waals surface area contributed by atoms with Crippen molar-refractivity contribution in [2.75, 3.05) is 16.8 Å². The number of hydrogen-bond acceptors (Lipinski definition) is 6. The molecule has 2 aliphatic rings. The van der Waals surface area contributed by atoms with Crippen LogP contribution in [0.4, 0.5) is 17.3 Å². The topological polar surface area (TPSA) is 107 Å². The Bertz CT molecular complexity index is 982. The summed E-state index contributed by atoms with van der Waals surface area (Å²) in [7, 11) is 0. The highest BCUT2D eigenvalue weighted by atomic mass is 16.3. The molecule has 8 heteroatoms. The van der Waals surface area contributed by atoms with E-state index in [4.69, 9.17) is 0 Å². The first-order valence-electron chi connectivity index (χ1n) is 10.1. The van der Waals surface area contributed by atoms with Crippen LogP contribution >= 0.6 is 0 Å². The van der Waals surface area contributed by atoms with Gasteiger partial charge in [0.05, 0.1) is 11.8 Å². The van der Waals surface area contributed by atoms with Crippen molar-refractivity contribution in [2.45, 2.75) is 52.2 Å². The number of nitrogens with one attached hydrogen (secondary N) is 1. The lowest BCUT2D eigenvalue weighted by Crippen LogP contribution is -2.35. The fraction of sp³-hybridized carbons (Fsp3) is 0.524. The highest BCUT2D eigenvalue weighted by molar-refractivity contribution is 6.02. The number of hydrogen-bond donors (Lipinski definition) is 2. The van der Waals surface area contributed by atoms with E-state index in [1.807, 2.05) is 6.92 Å². The first-order valence-corrected chi connectivity index (χ1v) is 10.1. The van der Waals surface area contributed by atoms with Crippen molar-refractivity contribution in [2.24, 2.45) is 11.3 Å². The summed E-state index contributed by atoms with van der Waals surface area (Å²) in [5.74, 6) is 1.23. The van der Waals surface area contributed by atoms with Crippen LogP contribution in [0.3, 0.4) is 0 Å². The minimum Gasteiger partial charge on any atom is -0.384 e. The van der Waals surface area contributed by atoms with E-state index in [1.165, 1.54) is 0 Å². The van der Waals surface area contributed by atoms with Gasteiger partial charge in [0.25, 0.3) is 0 Å². The molecule has 1 amide bonds. The maximum absolute atomic E-state index is 13.0. The fourth-order valence-corrected chi connectivity index (χ4v) is 4.13. The summed E-state index contributed by atoms with van der Waals surface area (Å²) < 4.78 is 1.74. The van der Waals surface area contributed by atoms with Crippen molar-refractivity contribution in [3.05, 3.63) is 30.1 Å². The smallest absolute Gasteiger partial charge is 0.247 e. The zero-order valence-electron chi connectivity index (χ0n) is 17.0. The zero-order valence-corrected chi connectivity index (χ0v) is 17.0. The predicted octanol–water partition coefficient (Wildman–Crippen LogP) is 2.93. The number of carbonyl (C=O) groups excluding carboxylic acids is 1. The van der Waals surface area contributed by atoms with E-state index in [0.29, 0.717) is 36.8 Å². The number of rotatable bonds is 6. The van der Waals surface area contributed by atoms with E-state index < -0.39 is 11.0 Å². The standard InChI is InChI=1S/C21H26N6O2/c1-4-27-16(20(2,3)29)12-18(25-27)24-17-11-15(7-9-23-17)26-10-8-21(13-22,19(26)28)14-5-6-14/h7,9,11-12,14,29H,4-6,8,10H2,1-3H3,(H,23,24,25)/t21-/m1/s1. The average molecular weight is 394 g/mol. The highest BCUT2D eigenvalue weighted by Gasteiger charge is 2.56. The number of carbonyl (C=O) groups is 1. The number of amides is 1. The van der Waals surface area contributed by atoms with Crippen molar-refractivity contribution in [3.63, 3.8) is 0 Å². The second-order valence-electron chi connectivity index (χ2n) is 8.38. The van der Waals surface area contributed by atoms with Gasteiger partial charge < -0.3 is 15.3 Å². The summed E-state index contributed by atoms with van der Waals surface area (Å²) in [4.78, 5) is 19.1. The van der Waals surface area contributed by atoms with Crippen LogP contribution < -0.4 is 10.2 Å². The van der Waals surface area contributed by atoms with E-state index in [2.05, 4.69) is 21.5 Å². The maximum Gasteiger partial charge on any atom is 0.247 e. The largest absolute Gasteiger partial charge is 0.384 e. The van der Waals surface area contributed by atoms with Crippen molar-refractivity contribution in [1.29, 1.82) is 5.26 Å². The summed E-state index contributed by atoms with van der Waals surface area (Å²) in [5, 5.41) is 27.7. The van der Waals surface area contributed by atoms with Gasteiger partial charge in [-0.1, -0.05) is 0 Å². The lowest BCUT2D eigenvalue weighted by atomic mass is 9.83. The summed E-state index contributed by atoms with van der Waals surface area (Å²) in [6, 6.07) is 7.70. The lowest BCUT2D eigenvalue weighted by Gasteiger charge is -2.21. The first-order chi connectivity index (χ1) is 13.8. The van der Waals surface area contributed by atoms with Gasteiger partial charge in [0, 0.05) is 37.1 Å². The lowest BCUT2D eigenvalue weighted by molar-refractivity contribution is -0.123. The van der Waals surface area contributed by atoms with Gasteiger partial charge in [0.2, 0.25) is 5.91 Å². The zero-order chi connectivity index (χ0) is 20.8. The Balaban J connectivity index is 1.57. The fourth-order valence-electron chi connectivity index (χ4n) is 4.13. The van der Waals surface area contributed by atoms with Gasteiger partial charge >= 0.3 is 0 Å². The number of nitriles is 1. The molecule has 0 radical (unpaired) electrons. The van der Waals surface area contributed by atoms with Gasteiger partial charge in [-0.25, -0.2) is 4.98 Å². The number of aryl methyl sites for hydroxylation is 1. The molecule has 2 fully saturated rings. The molecule has 0 unspecified atom stereocenters. The molecule has 152 valence electrons. The quantitative estimate of drug-likeness (QED) is 0.780.